The van der Waals surface area contributed by atoms with Crippen molar-refractivity contribution in [1.29, 1.82) is 0 Å². The Kier molecular flexibility index (Phi) is 9.18. The summed E-state index contributed by atoms with van der Waals surface area (Å²) in [6.07, 6.45) is 4.89. The number of methoxy groups -OCH3 is 1. The first-order chi connectivity index (χ1) is 18.8. The molecule has 10 heteroatoms. The van der Waals surface area contributed by atoms with E-state index in [4.69, 9.17) is 14.2 Å². The Hall–Kier alpha value is -2.69. The number of carbonyl (C=O) groups is 3. The highest BCUT2D eigenvalue weighted by molar-refractivity contribution is 9.09. The summed E-state index contributed by atoms with van der Waals surface area (Å²) < 4.78 is 17.4. The number of benzene rings is 1. The first kappa shape index (κ1) is 29.3. The zero-order chi connectivity index (χ0) is 28.3. The van der Waals surface area contributed by atoms with Gasteiger partial charge in [-0.25, -0.2) is 0 Å². The van der Waals surface area contributed by atoms with Crippen LogP contribution in [-0.4, -0.2) is 83.3 Å². The third-order valence-corrected chi connectivity index (χ3v) is 8.91. The minimum absolute atomic E-state index is 0.191. The van der Waals surface area contributed by atoms with E-state index in [2.05, 4.69) is 29.1 Å². The maximum Gasteiger partial charge on any atom is 0.312 e. The number of anilines is 1. The third-order valence-electron chi connectivity index (χ3n) is 8.07. The number of halogens is 1. The van der Waals surface area contributed by atoms with Gasteiger partial charge in [0.25, 0.3) is 5.91 Å². The molecule has 3 heterocycles. The Morgan fingerprint density at radius 3 is 2.62 bits per heavy atom. The highest BCUT2D eigenvalue weighted by Crippen LogP contribution is 2.60. The number of likely N-dealkylation sites (tertiary alicyclic amines) is 1. The van der Waals surface area contributed by atoms with Crippen LogP contribution >= 0.6 is 15.9 Å². The van der Waals surface area contributed by atoms with Crippen molar-refractivity contribution in [2.24, 2.45) is 11.8 Å². The number of allylic oxidation sites excluding steroid dienone is 1. The van der Waals surface area contributed by atoms with Crippen molar-refractivity contribution in [3.05, 3.63) is 49.6 Å². The van der Waals surface area contributed by atoms with E-state index in [1.54, 1.807) is 48.4 Å². The fourth-order valence-corrected chi connectivity index (χ4v) is 7.22. The average molecular weight is 606 g/mol. The van der Waals surface area contributed by atoms with Crippen molar-refractivity contribution >= 4 is 39.4 Å². The molecule has 1 spiro atoms. The van der Waals surface area contributed by atoms with Gasteiger partial charge in [0.2, 0.25) is 5.91 Å². The second kappa shape index (κ2) is 12.2. The van der Waals surface area contributed by atoms with Crippen LogP contribution in [0.4, 0.5) is 5.69 Å². The number of unbranched alkanes of at least 4 members (excludes halogenated alkanes) is 1. The molecule has 9 nitrogen and oxygen atoms in total. The minimum atomic E-state index is -1.24. The summed E-state index contributed by atoms with van der Waals surface area (Å²) in [5.41, 5.74) is -0.641. The molecule has 3 aliphatic rings. The van der Waals surface area contributed by atoms with E-state index in [1.165, 1.54) is 4.90 Å². The lowest BCUT2D eigenvalue weighted by Crippen LogP contribution is -2.59. The van der Waals surface area contributed by atoms with E-state index in [9.17, 15) is 19.5 Å². The van der Waals surface area contributed by atoms with Gasteiger partial charge in [-0.05, 0) is 49.9 Å². The standard InChI is InChI=1S/C29H37BrN2O7/c1-5-8-9-15-38-28(36)22-23-26(34)32(18(7-3)17-33)25(29(23)16-21(30)24(22)39-29)27(35)31(14-6-2)19-10-12-20(37-4)13-11-19/h5-6,10-13,18,21-25,33H,1-2,7-9,14-17H2,3-4H3/t18-,21?,22+,23-,24+,25?,29?/m0/s1. The van der Waals surface area contributed by atoms with Gasteiger partial charge >= 0.3 is 5.97 Å². The Labute approximate surface area is 237 Å². The molecule has 4 rings (SSSR count). The number of alkyl halides is 1. The van der Waals surface area contributed by atoms with Crippen LogP contribution in [0.3, 0.4) is 0 Å². The van der Waals surface area contributed by atoms with Gasteiger partial charge in [0.1, 0.15) is 17.4 Å². The van der Waals surface area contributed by atoms with Gasteiger partial charge in [-0.15, -0.1) is 13.2 Å². The zero-order valence-electron chi connectivity index (χ0n) is 22.5. The molecule has 3 fully saturated rings. The van der Waals surface area contributed by atoms with Gasteiger partial charge in [-0.3, -0.25) is 14.4 Å². The largest absolute Gasteiger partial charge is 0.497 e. The summed E-state index contributed by atoms with van der Waals surface area (Å²) in [4.78, 5) is 44.7. The average Bonchev–Trinajstić information content (AvgIpc) is 3.54. The monoisotopic (exact) mass is 604 g/mol. The molecule has 0 aliphatic carbocycles. The Morgan fingerprint density at radius 2 is 2.03 bits per heavy atom. The quantitative estimate of drug-likeness (QED) is 0.159. The Balaban J connectivity index is 1.75. The second-order valence-corrected chi connectivity index (χ2v) is 11.4. The Bertz CT molecular complexity index is 1090. The van der Waals surface area contributed by atoms with Crippen molar-refractivity contribution in [2.45, 2.75) is 61.2 Å². The highest BCUT2D eigenvalue weighted by atomic mass is 79.9. The smallest absolute Gasteiger partial charge is 0.312 e. The molecule has 0 radical (unpaired) electrons. The molecule has 212 valence electrons. The van der Waals surface area contributed by atoms with Gasteiger partial charge in [0, 0.05) is 17.1 Å². The van der Waals surface area contributed by atoms with E-state index in [-0.39, 0.29) is 36.4 Å². The lowest BCUT2D eigenvalue weighted by atomic mass is 9.70. The maximum atomic E-state index is 14.5. The lowest BCUT2D eigenvalue weighted by molar-refractivity contribution is -0.155. The van der Waals surface area contributed by atoms with Crippen LogP contribution in [-0.2, 0) is 23.9 Å². The number of hydrogen-bond acceptors (Lipinski definition) is 7. The van der Waals surface area contributed by atoms with Crippen molar-refractivity contribution in [3.63, 3.8) is 0 Å². The number of amides is 2. The number of hydrogen-bond donors (Lipinski definition) is 1. The molecular formula is C29H37BrN2O7. The van der Waals surface area contributed by atoms with E-state index in [0.717, 1.165) is 0 Å². The maximum absolute atomic E-state index is 14.5. The SMILES string of the molecule is C=CCCCOC(=O)[C@H]1[C@@H]2OC3(CC2Br)C(C(=O)N(CC=C)c2ccc(OC)cc2)N([C@@H](CC)CO)C(=O)[C@H]13. The lowest BCUT2D eigenvalue weighted by Gasteiger charge is -2.39. The highest BCUT2D eigenvalue weighted by Gasteiger charge is 2.77. The fourth-order valence-electron chi connectivity index (χ4n) is 6.28. The summed E-state index contributed by atoms with van der Waals surface area (Å²) in [6, 6.07) is 5.38. The van der Waals surface area contributed by atoms with Gasteiger partial charge < -0.3 is 29.1 Å². The molecule has 1 N–H and O–H groups in total. The number of aliphatic hydroxyl groups is 1. The number of fused-ring (bicyclic) bond motifs is 1. The topological polar surface area (TPSA) is 106 Å². The van der Waals surface area contributed by atoms with Crippen molar-refractivity contribution < 1.29 is 33.7 Å². The third kappa shape index (κ3) is 5.02. The number of esters is 1. The number of aliphatic hydroxyl groups excluding tert-OH is 1. The molecule has 1 aromatic rings. The number of ether oxygens (including phenoxy) is 3. The normalized spacial score (nSPS) is 29.6. The van der Waals surface area contributed by atoms with Crippen LogP contribution in [0.15, 0.2) is 49.6 Å². The van der Waals surface area contributed by atoms with Gasteiger partial charge in [0.05, 0.1) is 44.3 Å². The van der Waals surface area contributed by atoms with E-state index >= 15 is 0 Å². The Morgan fingerprint density at radius 1 is 1.31 bits per heavy atom. The molecule has 7 atom stereocenters. The molecule has 0 aromatic heterocycles. The summed E-state index contributed by atoms with van der Waals surface area (Å²) in [6.45, 7) is 9.44. The summed E-state index contributed by atoms with van der Waals surface area (Å²) in [5.74, 6) is -2.33. The molecule has 3 saturated heterocycles. The second-order valence-electron chi connectivity index (χ2n) is 10.2. The van der Waals surface area contributed by atoms with Crippen molar-refractivity contribution in [3.8, 4) is 5.75 Å². The first-order valence-electron chi connectivity index (χ1n) is 13.4. The summed E-state index contributed by atoms with van der Waals surface area (Å²) in [5, 5.41) is 10.2. The van der Waals surface area contributed by atoms with E-state index in [1.807, 2.05) is 6.92 Å². The fraction of sp³-hybridized carbons (Fsp3) is 0.552. The molecule has 0 saturated carbocycles. The summed E-state index contributed by atoms with van der Waals surface area (Å²) in [7, 11) is 1.56. The molecule has 2 amide bonds. The minimum Gasteiger partial charge on any atom is -0.497 e. The molecule has 39 heavy (non-hydrogen) atoms. The van der Waals surface area contributed by atoms with E-state index < -0.39 is 41.6 Å². The molecule has 3 unspecified atom stereocenters. The van der Waals surface area contributed by atoms with Crippen LogP contribution in [0.2, 0.25) is 0 Å². The van der Waals surface area contributed by atoms with Crippen LogP contribution in [0.25, 0.3) is 0 Å². The van der Waals surface area contributed by atoms with Crippen LogP contribution in [0.1, 0.15) is 32.6 Å². The number of carbonyl (C=O) groups excluding carboxylic acids is 3. The first-order valence-corrected chi connectivity index (χ1v) is 14.3. The predicted molar refractivity (Wildman–Crippen MR) is 150 cm³/mol. The molecule has 1 aromatic carbocycles. The van der Waals surface area contributed by atoms with Crippen molar-refractivity contribution in [2.75, 3.05) is 31.8 Å². The van der Waals surface area contributed by atoms with Gasteiger partial charge in [-0.2, -0.15) is 0 Å². The van der Waals surface area contributed by atoms with Crippen LogP contribution in [0, 0.1) is 11.8 Å². The summed E-state index contributed by atoms with van der Waals surface area (Å²) >= 11 is 3.66. The van der Waals surface area contributed by atoms with Crippen molar-refractivity contribution in [1.82, 2.24) is 4.90 Å². The number of nitrogens with zero attached hydrogens (tertiary/aromatic N) is 2. The molecule has 2 bridgehead atoms. The molecule has 3 aliphatic heterocycles. The van der Waals surface area contributed by atoms with Crippen LogP contribution in [0.5, 0.6) is 5.75 Å². The predicted octanol–water partition coefficient (Wildman–Crippen LogP) is 3.24. The van der Waals surface area contributed by atoms with Gasteiger partial charge in [0.15, 0.2) is 0 Å². The van der Waals surface area contributed by atoms with E-state index in [0.29, 0.717) is 37.1 Å². The van der Waals surface area contributed by atoms with Gasteiger partial charge in [-0.1, -0.05) is 35.0 Å². The molecular weight excluding hydrogens is 568 g/mol. The number of rotatable bonds is 13. The van der Waals surface area contributed by atoms with Crippen LogP contribution < -0.4 is 9.64 Å². The zero-order valence-corrected chi connectivity index (χ0v) is 24.0.